The molecule has 0 aliphatic rings. The molecule has 0 radical (unpaired) electrons. The molecular formula is C10H13NO3S. The fourth-order valence-corrected chi connectivity index (χ4v) is 2.18. The van der Waals surface area contributed by atoms with E-state index < -0.39 is 12.0 Å². The number of aryl methyl sites for hydroxylation is 1. The summed E-state index contributed by atoms with van der Waals surface area (Å²) in [5.41, 5.74) is 0. The van der Waals surface area contributed by atoms with E-state index in [2.05, 4.69) is 5.32 Å². The van der Waals surface area contributed by atoms with E-state index in [0.29, 0.717) is 6.42 Å². The van der Waals surface area contributed by atoms with Gasteiger partial charge in [-0.2, -0.15) is 0 Å². The molecule has 5 heteroatoms. The molecule has 1 heterocycles. The van der Waals surface area contributed by atoms with Gasteiger partial charge in [-0.3, -0.25) is 4.79 Å². The number of nitrogens with one attached hydrogen (secondary N) is 1. The first-order valence-corrected chi connectivity index (χ1v) is 5.36. The van der Waals surface area contributed by atoms with Crippen LogP contribution in [0.1, 0.15) is 16.7 Å². The maximum Gasteiger partial charge on any atom is 0.326 e. The van der Waals surface area contributed by atoms with E-state index in [1.54, 1.807) is 11.3 Å². The van der Waals surface area contributed by atoms with E-state index in [9.17, 15) is 9.59 Å². The van der Waals surface area contributed by atoms with Crippen LogP contribution in [-0.4, -0.2) is 23.0 Å². The van der Waals surface area contributed by atoms with Crippen molar-refractivity contribution in [2.75, 3.05) is 0 Å². The van der Waals surface area contributed by atoms with Crippen molar-refractivity contribution in [1.29, 1.82) is 0 Å². The average Bonchev–Trinajstić information content (AvgIpc) is 2.49. The van der Waals surface area contributed by atoms with Gasteiger partial charge in [0.15, 0.2) is 0 Å². The van der Waals surface area contributed by atoms with E-state index in [1.807, 2.05) is 19.1 Å². The summed E-state index contributed by atoms with van der Waals surface area (Å²) >= 11 is 1.55. The predicted octanol–water partition coefficient (Wildman–Crippen LogP) is 1.19. The first-order chi connectivity index (χ1) is 6.99. The van der Waals surface area contributed by atoms with Crippen molar-refractivity contribution in [1.82, 2.24) is 5.32 Å². The highest BCUT2D eigenvalue weighted by Gasteiger charge is 2.19. The van der Waals surface area contributed by atoms with Crippen molar-refractivity contribution in [3.63, 3.8) is 0 Å². The van der Waals surface area contributed by atoms with E-state index in [0.717, 1.165) is 9.75 Å². The minimum absolute atomic E-state index is 0.323. The lowest BCUT2D eigenvalue weighted by atomic mass is 10.2. The molecule has 1 aromatic rings. The largest absolute Gasteiger partial charge is 0.480 e. The summed E-state index contributed by atoms with van der Waals surface area (Å²) in [6.45, 7) is 3.28. The van der Waals surface area contributed by atoms with E-state index in [1.165, 1.54) is 6.92 Å². The highest BCUT2D eigenvalue weighted by molar-refractivity contribution is 7.11. The second-order valence-corrected chi connectivity index (χ2v) is 4.68. The summed E-state index contributed by atoms with van der Waals surface area (Å²) in [6, 6.07) is 2.99. The number of carboxylic acid groups (broad SMARTS) is 1. The van der Waals surface area contributed by atoms with Crippen LogP contribution in [0.4, 0.5) is 0 Å². The van der Waals surface area contributed by atoms with Gasteiger partial charge < -0.3 is 10.4 Å². The van der Waals surface area contributed by atoms with Gasteiger partial charge in [0.25, 0.3) is 0 Å². The smallest absolute Gasteiger partial charge is 0.326 e. The third kappa shape index (κ3) is 3.71. The zero-order valence-corrected chi connectivity index (χ0v) is 9.43. The molecule has 0 saturated carbocycles. The number of carbonyl (C=O) groups excluding carboxylic acids is 1. The first kappa shape index (κ1) is 11.7. The fourth-order valence-electron chi connectivity index (χ4n) is 1.24. The summed E-state index contributed by atoms with van der Waals surface area (Å²) in [5, 5.41) is 11.3. The third-order valence-electron chi connectivity index (χ3n) is 1.88. The molecular weight excluding hydrogens is 214 g/mol. The Balaban J connectivity index is 2.66. The molecule has 15 heavy (non-hydrogen) atoms. The van der Waals surface area contributed by atoms with Gasteiger partial charge in [0.2, 0.25) is 5.91 Å². The molecule has 0 fully saturated rings. The molecule has 0 saturated heterocycles. The molecule has 0 aromatic carbocycles. The Bertz CT molecular complexity index is 372. The van der Waals surface area contributed by atoms with Crippen molar-refractivity contribution < 1.29 is 14.7 Å². The number of thiophene rings is 1. The van der Waals surface area contributed by atoms with Gasteiger partial charge >= 0.3 is 5.97 Å². The monoisotopic (exact) mass is 227 g/mol. The number of hydrogen-bond donors (Lipinski definition) is 2. The molecule has 1 unspecified atom stereocenters. The van der Waals surface area contributed by atoms with Crippen LogP contribution in [0.25, 0.3) is 0 Å². The highest BCUT2D eigenvalue weighted by Crippen LogP contribution is 2.16. The van der Waals surface area contributed by atoms with Crippen molar-refractivity contribution in [3.8, 4) is 0 Å². The Morgan fingerprint density at radius 3 is 2.60 bits per heavy atom. The van der Waals surface area contributed by atoms with Crippen LogP contribution in [-0.2, 0) is 16.0 Å². The van der Waals surface area contributed by atoms with Crippen molar-refractivity contribution in [2.24, 2.45) is 0 Å². The van der Waals surface area contributed by atoms with Gasteiger partial charge in [0.1, 0.15) is 6.04 Å². The molecule has 2 N–H and O–H groups in total. The zero-order valence-electron chi connectivity index (χ0n) is 8.61. The highest BCUT2D eigenvalue weighted by atomic mass is 32.1. The Hall–Kier alpha value is -1.36. The summed E-state index contributed by atoms with van der Waals surface area (Å²) in [5.74, 6) is -1.33. The molecule has 0 bridgehead atoms. The molecule has 0 spiro atoms. The maximum atomic E-state index is 10.8. The first-order valence-electron chi connectivity index (χ1n) is 4.54. The average molecular weight is 227 g/mol. The Morgan fingerprint density at radius 1 is 1.53 bits per heavy atom. The number of amides is 1. The second-order valence-electron chi connectivity index (χ2n) is 3.31. The Morgan fingerprint density at radius 2 is 2.20 bits per heavy atom. The van der Waals surface area contributed by atoms with Gasteiger partial charge in [-0.1, -0.05) is 0 Å². The van der Waals surface area contributed by atoms with Gasteiger partial charge in [-0.25, -0.2) is 4.79 Å². The van der Waals surface area contributed by atoms with Crippen LogP contribution < -0.4 is 5.32 Å². The lowest BCUT2D eigenvalue weighted by Crippen LogP contribution is -2.40. The van der Waals surface area contributed by atoms with Crippen LogP contribution in [0, 0.1) is 6.92 Å². The van der Waals surface area contributed by atoms with Gasteiger partial charge in [0.05, 0.1) is 0 Å². The zero-order chi connectivity index (χ0) is 11.4. The lowest BCUT2D eigenvalue weighted by Gasteiger charge is -2.11. The Labute approximate surface area is 91.9 Å². The molecule has 1 amide bonds. The van der Waals surface area contributed by atoms with Crippen molar-refractivity contribution in [3.05, 3.63) is 21.9 Å². The molecule has 1 rings (SSSR count). The summed E-state index contributed by atoms with van der Waals surface area (Å²) in [7, 11) is 0. The van der Waals surface area contributed by atoms with E-state index in [4.69, 9.17) is 5.11 Å². The number of carbonyl (C=O) groups is 2. The number of aliphatic carboxylic acids is 1. The Kier molecular flexibility index (Phi) is 3.85. The topological polar surface area (TPSA) is 66.4 Å². The van der Waals surface area contributed by atoms with E-state index >= 15 is 0 Å². The van der Waals surface area contributed by atoms with Gasteiger partial charge in [-0.15, -0.1) is 11.3 Å². The number of carboxylic acids is 1. The molecule has 1 aromatic heterocycles. The second kappa shape index (κ2) is 4.93. The summed E-state index contributed by atoms with van der Waals surface area (Å²) in [6.07, 6.45) is 0.341. The van der Waals surface area contributed by atoms with Crippen LogP contribution in [0.5, 0.6) is 0 Å². The minimum atomic E-state index is -1.00. The van der Waals surface area contributed by atoms with Gasteiger partial charge in [0, 0.05) is 23.1 Å². The fraction of sp³-hybridized carbons (Fsp3) is 0.400. The van der Waals surface area contributed by atoms with E-state index in [-0.39, 0.29) is 5.91 Å². The van der Waals surface area contributed by atoms with Gasteiger partial charge in [-0.05, 0) is 19.1 Å². The quantitative estimate of drug-likeness (QED) is 0.812. The van der Waals surface area contributed by atoms with Crippen LogP contribution >= 0.6 is 11.3 Å². The maximum absolute atomic E-state index is 10.8. The predicted molar refractivity (Wildman–Crippen MR) is 58.0 cm³/mol. The van der Waals surface area contributed by atoms with Crippen LogP contribution in [0.2, 0.25) is 0 Å². The molecule has 82 valence electrons. The van der Waals surface area contributed by atoms with Crippen LogP contribution in [0.3, 0.4) is 0 Å². The SMILES string of the molecule is CC(=O)NC(Cc1ccc(C)s1)C(=O)O. The number of hydrogen-bond acceptors (Lipinski definition) is 3. The lowest BCUT2D eigenvalue weighted by molar-refractivity contribution is -0.141. The van der Waals surface area contributed by atoms with Crippen molar-refractivity contribution >= 4 is 23.2 Å². The summed E-state index contributed by atoms with van der Waals surface area (Å²) < 4.78 is 0. The van der Waals surface area contributed by atoms with Crippen LogP contribution in [0.15, 0.2) is 12.1 Å². The molecule has 1 atom stereocenters. The third-order valence-corrected chi connectivity index (χ3v) is 2.90. The normalized spacial score (nSPS) is 12.1. The number of rotatable bonds is 4. The van der Waals surface area contributed by atoms with Crippen molar-refractivity contribution in [2.45, 2.75) is 26.3 Å². The minimum Gasteiger partial charge on any atom is -0.480 e. The standard InChI is InChI=1S/C10H13NO3S/c1-6-3-4-8(15-6)5-9(10(13)14)11-7(2)12/h3-4,9H,5H2,1-2H3,(H,11,12)(H,13,14). The molecule has 4 nitrogen and oxygen atoms in total. The summed E-state index contributed by atoms with van der Waals surface area (Å²) in [4.78, 5) is 23.7. The molecule has 0 aliphatic heterocycles. The molecule has 0 aliphatic carbocycles.